The summed E-state index contributed by atoms with van der Waals surface area (Å²) in [6.07, 6.45) is 0. The highest BCUT2D eigenvalue weighted by Gasteiger charge is 2.26. The summed E-state index contributed by atoms with van der Waals surface area (Å²) in [7, 11) is 0. The van der Waals surface area contributed by atoms with Crippen molar-refractivity contribution in [3.63, 3.8) is 0 Å². The molecule has 96 valence electrons. The molecular formula is C14H9Cl3N2. The van der Waals surface area contributed by atoms with Crippen LogP contribution in [0, 0.1) is 5.41 Å². The Bertz CT molecular complexity index is 682. The van der Waals surface area contributed by atoms with Crippen LogP contribution in [0.3, 0.4) is 0 Å². The molecule has 0 atom stereocenters. The molecule has 0 radical (unpaired) electrons. The molecule has 1 aliphatic rings. The second-order valence-corrected chi connectivity index (χ2v) is 5.53. The van der Waals surface area contributed by atoms with Crippen LogP contribution in [0.25, 0.3) is 0 Å². The first kappa shape index (κ1) is 12.8. The third kappa shape index (κ3) is 2.10. The van der Waals surface area contributed by atoms with Gasteiger partial charge in [-0.1, -0.05) is 59.1 Å². The fourth-order valence-corrected chi connectivity index (χ4v) is 2.85. The van der Waals surface area contributed by atoms with Crippen molar-refractivity contribution in [3.8, 4) is 0 Å². The van der Waals surface area contributed by atoms with Gasteiger partial charge in [0, 0.05) is 5.56 Å². The van der Waals surface area contributed by atoms with E-state index < -0.39 is 0 Å². The molecule has 1 aliphatic heterocycles. The van der Waals surface area contributed by atoms with Gasteiger partial charge in [0.25, 0.3) is 0 Å². The summed E-state index contributed by atoms with van der Waals surface area (Å²) < 4.78 is 0. The topological polar surface area (TPSA) is 27.1 Å². The van der Waals surface area contributed by atoms with E-state index in [9.17, 15) is 0 Å². The number of benzene rings is 2. The van der Waals surface area contributed by atoms with Crippen molar-refractivity contribution in [3.05, 3.63) is 62.6 Å². The van der Waals surface area contributed by atoms with Crippen molar-refractivity contribution in [1.29, 1.82) is 5.41 Å². The van der Waals surface area contributed by atoms with Crippen molar-refractivity contribution < 1.29 is 0 Å². The molecule has 0 spiro atoms. The first-order valence-electron chi connectivity index (χ1n) is 5.67. The molecule has 1 N–H and O–H groups in total. The van der Waals surface area contributed by atoms with Gasteiger partial charge in [-0.2, -0.15) is 0 Å². The number of fused-ring (bicyclic) bond motifs is 1. The fourth-order valence-electron chi connectivity index (χ4n) is 2.21. The zero-order valence-corrected chi connectivity index (χ0v) is 12.0. The van der Waals surface area contributed by atoms with Gasteiger partial charge >= 0.3 is 0 Å². The Kier molecular flexibility index (Phi) is 3.17. The molecule has 0 bridgehead atoms. The molecule has 0 saturated heterocycles. The van der Waals surface area contributed by atoms with Gasteiger partial charge in [0.05, 0.1) is 27.3 Å². The summed E-state index contributed by atoms with van der Waals surface area (Å²) in [5.74, 6) is 0.427. The molecule has 2 nitrogen and oxygen atoms in total. The summed E-state index contributed by atoms with van der Waals surface area (Å²) in [4.78, 5) is 1.83. The lowest BCUT2D eigenvalue weighted by Crippen LogP contribution is -2.23. The number of hydrogen-bond acceptors (Lipinski definition) is 1. The standard InChI is InChI=1S/C14H9Cl3N2/c15-10-5-12(17)13(6-11(10)16)19-7-8-3-1-2-4-9(8)14(19)18/h1-6,18H,7H2. The third-order valence-corrected chi connectivity index (χ3v) is 4.18. The number of nitrogens with one attached hydrogen (secondary N) is 1. The van der Waals surface area contributed by atoms with Crippen LogP contribution in [0.5, 0.6) is 0 Å². The zero-order valence-electron chi connectivity index (χ0n) is 9.75. The van der Waals surface area contributed by atoms with Crippen LogP contribution >= 0.6 is 34.8 Å². The number of rotatable bonds is 1. The Morgan fingerprint density at radius 2 is 1.63 bits per heavy atom. The van der Waals surface area contributed by atoms with E-state index in [-0.39, 0.29) is 0 Å². The molecule has 0 fully saturated rings. The Hall–Kier alpha value is -1.22. The van der Waals surface area contributed by atoms with Crippen molar-refractivity contribution >= 4 is 46.3 Å². The zero-order chi connectivity index (χ0) is 13.6. The van der Waals surface area contributed by atoms with Gasteiger partial charge in [-0.05, 0) is 17.7 Å². The average molecular weight is 312 g/mol. The number of halogens is 3. The normalized spacial score (nSPS) is 13.8. The average Bonchev–Trinajstić information content (AvgIpc) is 2.72. The SMILES string of the molecule is N=C1c2ccccc2CN1c1cc(Cl)c(Cl)cc1Cl. The van der Waals surface area contributed by atoms with Gasteiger partial charge in [0.15, 0.2) is 0 Å². The Labute approximate surface area is 126 Å². The monoisotopic (exact) mass is 310 g/mol. The minimum Gasteiger partial charge on any atom is -0.320 e. The molecule has 5 heteroatoms. The van der Waals surface area contributed by atoms with Crippen molar-refractivity contribution in [2.75, 3.05) is 4.90 Å². The summed E-state index contributed by atoms with van der Waals surface area (Å²) in [5, 5.41) is 9.58. The second-order valence-electron chi connectivity index (χ2n) is 4.31. The van der Waals surface area contributed by atoms with Crippen LogP contribution < -0.4 is 4.90 Å². The number of hydrogen-bond donors (Lipinski definition) is 1. The molecule has 2 aromatic rings. The highest BCUT2D eigenvalue weighted by molar-refractivity contribution is 6.44. The Balaban J connectivity index is 2.07. The maximum atomic E-state index is 8.24. The first-order chi connectivity index (χ1) is 9.08. The van der Waals surface area contributed by atoms with Crippen LogP contribution in [-0.4, -0.2) is 5.84 Å². The smallest absolute Gasteiger partial charge is 0.133 e. The Morgan fingerprint density at radius 3 is 2.37 bits per heavy atom. The van der Waals surface area contributed by atoms with Crippen LogP contribution in [-0.2, 0) is 6.54 Å². The van der Waals surface area contributed by atoms with Crippen LogP contribution in [0.15, 0.2) is 36.4 Å². The van der Waals surface area contributed by atoms with E-state index in [1.807, 2.05) is 29.2 Å². The van der Waals surface area contributed by atoms with Gasteiger partial charge < -0.3 is 4.90 Å². The van der Waals surface area contributed by atoms with Gasteiger partial charge in [0.1, 0.15) is 5.84 Å². The molecule has 0 amide bonds. The molecule has 19 heavy (non-hydrogen) atoms. The van der Waals surface area contributed by atoms with Crippen molar-refractivity contribution in [2.45, 2.75) is 6.54 Å². The van der Waals surface area contributed by atoms with E-state index in [0.29, 0.717) is 33.1 Å². The highest BCUT2D eigenvalue weighted by atomic mass is 35.5. The molecule has 3 rings (SSSR count). The lowest BCUT2D eigenvalue weighted by atomic mass is 10.1. The maximum Gasteiger partial charge on any atom is 0.133 e. The van der Waals surface area contributed by atoms with Crippen LogP contribution in [0.1, 0.15) is 11.1 Å². The molecule has 0 aromatic heterocycles. The second kappa shape index (κ2) is 4.71. The first-order valence-corrected chi connectivity index (χ1v) is 6.80. The van der Waals surface area contributed by atoms with Gasteiger partial charge in [-0.3, -0.25) is 5.41 Å². The fraction of sp³-hybridized carbons (Fsp3) is 0.0714. The van der Waals surface area contributed by atoms with Gasteiger partial charge in [-0.15, -0.1) is 0 Å². The predicted molar refractivity (Wildman–Crippen MR) is 80.9 cm³/mol. The van der Waals surface area contributed by atoms with E-state index >= 15 is 0 Å². The van der Waals surface area contributed by atoms with Gasteiger partial charge in [-0.25, -0.2) is 0 Å². The lowest BCUT2D eigenvalue weighted by Gasteiger charge is -2.20. The molecule has 2 aromatic carbocycles. The molecule has 1 heterocycles. The van der Waals surface area contributed by atoms with Crippen LogP contribution in [0.2, 0.25) is 15.1 Å². The van der Waals surface area contributed by atoms with Crippen molar-refractivity contribution in [2.24, 2.45) is 0 Å². The Morgan fingerprint density at radius 1 is 0.947 bits per heavy atom. The summed E-state index contributed by atoms with van der Waals surface area (Å²) in [6.45, 7) is 0.618. The largest absolute Gasteiger partial charge is 0.320 e. The number of amidine groups is 1. The third-order valence-electron chi connectivity index (χ3n) is 3.15. The van der Waals surface area contributed by atoms with E-state index in [1.165, 1.54) is 0 Å². The maximum absolute atomic E-state index is 8.24. The quantitative estimate of drug-likeness (QED) is 0.738. The van der Waals surface area contributed by atoms with Gasteiger partial charge in [0.2, 0.25) is 0 Å². The van der Waals surface area contributed by atoms with Crippen molar-refractivity contribution in [1.82, 2.24) is 0 Å². The molecule has 0 unspecified atom stereocenters. The van der Waals surface area contributed by atoms with E-state index in [2.05, 4.69) is 0 Å². The minimum atomic E-state index is 0.415. The molecule has 0 aliphatic carbocycles. The van der Waals surface area contributed by atoms with Crippen LogP contribution in [0.4, 0.5) is 5.69 Å². The highest BCUT2D eigenvalue weighted by Crippen LogP contribution is 2.38. The summed E-state index contributed by atoms with van der Waals surface area (Å²) in [6, 6.07) is 11.1. The van der Waals surface area contributed by atoms with E-state index in [0.717, 1.165) is 11.1 Å². The molecular weight excluding hydrogens is 303 g/mol. The molecule has 0 saturated carbocycles. The number of anilines is 1. The lowest BCUT2D eigenvalue weighted by molar-refractivity contribution is 1.05. The van der Waals surface area contributed by atoms with E-state index in [4.69, 9.17) is 40.2 Å². The predicted octanol–water partition coefficient (Wildman–Crippen LogP) is 4.99. The van der Waals surface area contributed by atoms with E-state index in [1.54, 1.807) is 12.1 Å². The minimum absolute atomic E-state index is 0.415. The summed E-state index contributed by atoms with van der Waals surface area (Å²) in [5.41, 5.74) is 2.73. The number of nitrogens with zero attached hydrogens (tertiary/aromatic N) is 1. The summed E-state index contributed by atoms with van der Waals surface area (Å²) >= 11 is 18.2.